The number of rotatable bonds is 7. The third-order valence-electron chi connectivity index (χ3n) is 4.01. The minimum atomic E-state index is 0.0530. The molecule has 3 aromatic rings. The first-order chi connectivity index (χ1) is 12.1. The summed E-state index contributed by atoms with van der Waals surface area (Å²) in [7, 11) is 1.75. The zero-order chi connectivity index (χ0) is 17.6. The quantitative estimate of drug-likeness (QED) is 0.661. The first kappa shape index (κ1) is 16.9. The van der Waals surface area contributed by atoms with Gasteiger partial charge in [0.05, 0.1) is 6.54 Å². The van der Waals surface area contributed by atoms with Gasteiger partial charge in [0.1, 0.15) is 5.82 Å². The van der Waals surface area contributed by atoms with Crippen LogP contribution < -0.4 is 0 Å². The minimum absolute atomic E-state index is 0.0530. The molecule has 0 saturated carbocycles. The van der Waals surface area contributed by atoms with Crippen molar-refractivity contribution in [1.82, 2.24) is 24.6 Å². The van der Waals surface area contributed by atoms with Crippen LogP contribution in [0.3, 0.4) is 0 Å². The summed E-state index contributed by atoms with van der Waals surface area (Å²) in [5.41, 5.74) is 0.891. The maximum Gasteiger partial charge on any atom is 0.246 e. The summed E-state index contributed by atoms with van der Waals surface area (Å²) in [6.45, 7) is 3.04. The number of carbonyl (C=O) groups is 1. The molecule has 0 bridgehead atoms. The molecule has 0 radical (unpaired) electrons. The molecule has 0 atom stereocenters. The lowest BCUT2D eigenvalue weighted by Crippen LogP contribution is -2.26. The molecule has 0 fully saturated rings. The standard InChI is InChI=1S/C18H21N5O2/c1-14-19-10-12-23(14)11-6-9-17(24)22(2)13-16-20-18(21-25-16)15-7-4-3-5-8-15/h3-5,7-8,10,12H,6,9,11,13H2,1-2H3. The van der Waals surface area contributed by atoms with Crippen LogP contribution in [0.1, 0.15) is 24.6 Å². The highest BCUT2D eigenvalue weighted by atomic mass is 16.5. The molecule has 0 N–H and O–H groups in total. The summed E-state index contributed by atoms with van der Waals surface area (Å²) in [5.74, 6) is 1.98. The highest BCUT2D eigenvalue weighted by Gasteiger charge is 2.14. The van der Waals surface area contributed by atoms with E-state index in [0.29, 0.717) is 24.7 Å². The van der Waals surface area contributed by atoms with Crippen molar-refractivity contribution in [2.24, 2.45) is 0 Å². The van der Waals surface area contributed by atoms with Crippen molar-refractivity contribution in [3.63, 3.8) is 0 Å². The van der Waals surface area contributed by atoms with Gasteiger partial charge >= 0.3 is 0 Å². The van der Waals surface area contributed by atoms with Gasteiger partial charge < -0.3 is 14.0 Å². The van der Waals surface area contributed by atoms with Crippen LogP contribution in [0.15, 0.2) is 47.2 Å². The fraction of sp³-hybridized carbons (Fsp3) is 0.333. The van der Waals surface area contributed by atoms with Crippen LogP contribution in [0.4, 0.5) is 0 Å². The Labute approximate surface area is 146 Å². The average molecular weight is 339 g/mol. The highest BCUT2D eigenvalue weighted by Crippen LogP contribution is 2.15. The molecule has 25 heavy (non-hydrogen) atoms. The van der Waals surface area contributed by atoms with Gasteiger partial charge in [-0.2, -0.15) is 4.98 Å². The number of aromatic nitrogens is 4. The number of carbonyl (C=O) groups excluding carboxylic acids is 1. The molecule has 0 aliphatic rings. The van der Waals surface area contributed by atoms with Crippen molar-refractivity contribution in [1.29, 1.82) is 0 Å². The maximum absolute atomic E-state index is 12.2. The predicted octanol–water partition coefficient (Wildman–Crippen LogP) is 2.68. The summed E-state index contributed by atoms with van der Waals surface area (Å²) in [6.07, 6.45) is 4.92. The van der Waals surface area contributed by atoms with Crippen LogP contribution >= 0.6 is 0 Å². The number of aryl methyl sites for hydroxylation is 2. The Hall–Kier alpha value is -2.96. The largest absolute Gasteiger partial charge is 0.337 e. The van der Waals surface area contributed by atoms with Crippen LogP contribution in [0.5, 0.6) is 0 Å². The molecule has 0 saturated heterocycles. The third kappa shape index (κ3) is 4.32. The molecular formula is C18H21N5O2. The van der Waals surface area contributed by atoms with Gasteiger partial charge in [-0.3, -0.25) is 4.79 Å². The Balaban J connectivity index is 1.50. The van der Waals surface area contributed by atoms with E-state index in [0.717, 1.165) is 24.4 Å². The van der Waals surface area contributed by atoms with E-state index in [4.69, 9.17) is 4.52 Å². The number of benzene rings is 1. The maximum atomic E-state index is 12.2. The van der Waals surface area contributed by atoms with Gasteiger partial charge in [0, 0.05) is 38.0 Å². The van der Waals surface area contributed by atoms with Crippen molar-refractivity contribution in [3.8, 4) is 11.4 Å². The van der Waals surface area contributed by atoms with Gasteiger partial charge in [0.2, 0.25) is 17.6 Å². The molecule has 1 aromatic carbocycles. The van der Waals surface area contributed by atoms with E-state index in [1.807, 2.05) is 48.0 Å². The van der Waals surface area contributed by atoms with Crippen LogP contribution in [-0.4, -0.2) is 37.5 Å². The monoisotopic (exact) mass is 339 g/mol. The molecule has 0 aliphatic heterocycles. The molecule has 2 aromatic heterocycles. The van der Waals surface area contributed by atoms with Crippen molar-refractivity contribution in [3.05, 3.63) is 54.4 Å². The lowest BCUT2D eigenvalue weighted by Gasteiger charge is -2.14. The fourth-order valence-electron chi connectivity index (χ4n) is 2.55. The summed E-state index contributed by atoms with van der Waals surface area (Å²) < 4.78 is 7.29. The van der Waals surface area contributed by atoms with Crippen molar-refractivity contribution >= 4 is 5.91 Å². The lowest BCUT2D eigenvalue weighted by molar-refractivity contribution is -0.130. The molecule has 2 heterocycles. The average Bonchev–Trinajstić information content (AvgIpc) is 3.25. The Bertz CT molecular complexity index is 825. The Morgan fingerprint density at radius 1 is 1.28 bits per heavy atom. The van der Waals surface area contributed by atoms with Gasteiger partial charge in [-0.15, -0.1) is 0 Å². The second-order valence-corrected chi connectivity index (χ2v) is 5.90. The smallest absolute Gasteiger partial charge is 0.246 e. The Kier molecular flexibility index (Phi) is 5.23. The van der Waals surface area contributed by atoms with Crippen molar-refractivity contribution < 1.29 is 9.32 Å². The molecule has 3 rings (SSSR count). The van der Waals surface area contributed by atoms with Gasteiger partial charge in [-0.1, -0.05) is 35.5 Å². The predicted molar refractivity (Wildman–Crippen MR) is 92.4 cm³/mol. The van der Waals surface area contributed by atoms with Gasteiger partial charge in [0.25, 0.3) is 0 Å². The molecule has 130 valence electrons. The Morgan fingerprint density at radius 3 is 2.80 bits per heavy atom. The van der Waals surface area contributed by atoms with Gasteiger partial charge in [-0.25, -0.2) is 4.98 Å². The zero-order valence-corrected chi connectivity index (χ0v) is 14.4. The molecule has 7 heteroatoms. The zero-order valence-electron chi connectivity index (χ0n) is 14.4. The van der Waals surface area contributed by atoms with Crippen LogP contribution in [0.2, 0.25) is 0 Å². The minimum Gasteiger partial charge on any atom is -0.337 e. The normalized spacial score (nSPS) is 10.8. The van der Waals surface area contributed by atoms with E-state index in [2.05, 4.69) is 15.1 Å². The van der Waals surface area contributed by atoms with E-state index in [-0.39, 0.29) is 5.91 Å². The molecule has 7 nitrogen and oxygen atoms in total. The number of imidazole rings is 1. The first-order valence-corrected chi connectivity index (χ1v) is 8.23. The molecular weight excluding hydrogens is 318 g/mol. The molecule has 0 unspecified atom stereocenters. The lowest BCUT2D eigenvalue weighted by atomic mass is 10.2. The fourth-order valence-corrected chi connectivity index (χ4v) is 2.55. The summed E-state index contributed by atoms with van der Waals surface area (Å²) in [4.78, 5) is 22.4. The molecule has 1 amide bonds. The van der Waals surface area contributed by atoms with E-state index in [1.165, 1.54) is 0 Å². The number of hydrogen-bond acceptors (Lipinski definition) is 5. The van der Waals surface area contributed by atoms with Crippen molar-refractivity contribution in [2.75, 3.05) is 7.05 Å². The number of hydrogen-bond donors (Lipinski definition) is 0. The highest BCUT2D eigenvalue weighted by molar-refractivity contribution is 5.75. The summed E-state index contributed by atoms with van der Waals surface area (Å²) >= 11 is 0. The van der Waals surface area contributed by atoms with E-state index < -0.39 is 0 Å². The van der Waals surface area contributed by atoms with E-state index >= 15 is 0 Å². The van der Waals surface area contributed by atoms with Crippen LogP contribution in [-0.2, 0) is 17.9 Å². The summed E-state index contributed by atoms with van der Waals surface area (Å²) in [6, 6.07) is 9.61. The van der Waals surface area contributed by atoms with E-state index in [9.17, 15) is 4.79 Å². The first-order valence-electron chi connectivity index (χ1n) is 8.23. The molecule has 0 spiro atoms. The number of nitrogens with zero attached hydrogens (tertiary/aromatic N) is 5. The number of amides is 1. The van der Waals surface area contributed by atoms with Gasteiger partial charge in [-0.05, 0) is 13.3 Å². The second kappa shape index (κ2) is 7.74. The SMILES string of the molecule is Cc1nccn1CCCC(=O)N(C)Cc1nc(-c2ccccc2)no1. The summed E-state index contributed by atoms with van der Waals surface area (Å²) in [5, 5.41) is 3.97. The van der Waals surface area contributed by atoms with Crippen LogP contribution in [0.25, 0.3) is 11.4 Å². The topological polar surface area (TPSA) is 77.1 Å². The second-order valence-electron chi connectivity index (χ2n) is 5.90. The van der Waals surface area contributed by atoms with Crippen LogP contribution in [0, 0.1) is 6.92 Å². The Morgan fingerprint density at radius 2 is 2.08 bits per heavy atom. The third-order valence-corrected chi connectivity index (χ3v) is 4.01. The van der Waals surface area contributed by atoms with Gasteiger partial charge in [0.15, 0.2) is 0 Å². The molecule has 0 aliphatic carbocycles. The van der Waals surface area contributed by atoms with Crippen molar-refractivity contribution in [2.45, 2.75) is 32.9 Å². The van der Waals surface area contributed by atoms with E-state index in [1.54, 1.807) is 18.1 Å².